The highest BCUT2D eigenvalue weighted by atomic mass is 32.2. The Labute approximate surface area is 120 Å². The van der Waals surface area contributed by atoms with Gasteiger partial charge in [0.2, 0.25) is 0 Å². The van der Waals surface area contributed by atoms with Crippen LogP contribution in [-0.4, -0.2) is 37.6 Å². The van der Waals surface area contributed by atoms with Crippen molar-refractivity contribution in [1.29, 1.82) is 0 Å². The molecule has 0 saturated carbocycles. The molecule has 0 atom stereocenters. The number of nitrogens with zero attached hydrogens (tertiary/aromatic N) is 4. The minimum Gasteiger partial charge on any atom is -0.617 e. The first-order chi connectivity index (χ1) is 8.73. The van der Waals surface area contributed by atoms with Crippen LogP contribution in [-0.2, 0) is 6.67 Å². The summed E-state index contributed by atoms with van der Waals surface area (Å²) in [4.78, 5) is 8.02. The highest BCUT2D eigenvalue weighted by Crippen LogP contribution is 2.35. The van der Waals surface area contributed by atoms with E-state index >= 15 is 0 Å². The van der Waals surface area contributed by atoms with Gasteiger partial charge in [0.15, 0.2) is 5.00 Å². The minimum absolute atomic E-state index is 0.273. The molecule has 0 aliphatic heterocycles. The zero-order valence-electron chi connectivity index (χ0n) is 9.38. The van der Waals surface area contributed by atoms with E-state index in [-0.39, 0.29) is 5.13 Å². The summed E-state index contributed by atoms with van der Waals surface area (Å²) >= 11 is 3.86. The fourth-order valence-corrected chi connectivity index (χ4v) is 2.90. The maximum absolute atomic E-state index is 12.8. The second-order valence-corrected chi connectivity index (χ2v) is 5.18. The molecule has 2 heterocycles. The molecule has 2 rings (SSSR count). The Bertz CT molecular complexity index is 585. The van der Waals surface area contributed by atoms with E-state index in [0.717, 1.165) is 16.2 Å². The van der Waals surface area contributed by atoms with Crippen molar-refractivity contribution in [3.8, 4) is 10.9 Å². The molecule has 0 bridgehead atoms. The third-order valence-corrected chi connectivity index (χ3v) is 4.08. The molecule has 0 saturated heterocycles. The molecule has 5 nitrogen and oxygen atoms in total. The third kappa shape index (κ3) is 2.38. The summed E-state index contributed by atoms with van der Waals surface area (Å²) in [7, 11) is 0. The summed E-state index contributed by atoms with van der Waals surface area (Å²) in [5.74, 6) is 0.338. The van der Waals surface area contributed by atoms with E-state index in [9.17, 15) is 4.39 Å². The molecule has 1 radical (unpaired) electrons. The zero-order valence-corrected chi connectivity index (χ0v) is 12.4. The van der Waals surface area contributed by atoms with Gasteiger partial charge in [-0.1, -0.05) is 11.6 Å². The molecule has 0 aliphatic rings. The lowest BCUT2D eigenvalue weighted by Gasteiger charge is -1.98. The molecular weight excluding hydrogens is 290 g/mol. The van der Waals surface area contributed by atoms with Gasteiger partial charge in [0.05, 0.1) is 4.90 Å². The average Bonchev–Trinajstić information content (AvgIpc) is 3.01. The first-order valence-electron chi connectivity index (χ1n) is 4.72. The van der Waals surface area contributed by atoms with E-state index in [0.29, 0.717) is 16.6 Å². The van der Waals surface area contributed by atoms with Crippen LogP contribution in [0.15, 0.2) is 11.1 Å². The number of rotatable bonds is 4. The number of hydrogen-bond donors (Lipinski definition) is 0. The fourth-order valence-electron chi connectivity index (χ4n) is 1.34. The lowest BCUT2D eigenvalue weighted by Crippen LogP contribution is -1.96. The molecule has 91 valence electrons. The van der Waals surface area contributed by atoms with Crippen molar-refractivity contribution in [2.75, 3.05) is 6.26 Å². The topological polar surface area (TPSA) is 44.3 Å². The molecule has 0 spiro atoms. The maximum atomic E-state index is 12.8. The Morgan fingerprint density at radius 2 is 2.50 bits per heavy atom. The molecule has 0 aromatic carbocycles. The third-order valence-electron chi connectivity index (χ3n) is 2.11. The summed E-state index contributed by atoms with van der Waals surface area (Å²) in [6.45, 7) is 6.31. The van der Waals surface area contributed by atoms with Gasteiger partial charge >= 0.3 is 27.6 Å². The second kappa shape index (κ2) is 5.72. The van der Waals surface area contributed by atoms with E-state index in [2.05, 4.69) is 14.9 Å². The van der Waals surface area contributed by atoms with E-state index in [4.69, 9.17) is 10.4 Å². The van der Waals surface area contributed by atoms with Crippen LogP contribution in [0.5, 0.6) is 5.88 Å². The van der Waals surface area contributed by atoms with Crippen LogP contribution in [0.25, 0.3) is 9.85 Å². The number of halogens is 1. The second-order valence-electron chi connectivity index (χ2n) is 3.09. The van der Waals surface area contributed by atoms with Gasteiger partial charge in [0.25, 0.3) is 0 Å². The van der Waals surface area contributed by atoms with Gasteiger partial charge in [-0.25, -0.2) is 9.07 Å². The lowest BCUT2D eigenvalue weighted by molar-refractivity contribution is 0.468. The largest absolute Gasteiger partial charge is 0.617 e. The molecule has 2 aromatic heterocycles. The summed E-state index contributed by atoms with van der Waals surface area (Å²) in [6, 6.07) is 0. The lowest BCUT2D eigenvalue weighted by atomic mass is 10.5. The Morgan fingerprint density at radius 1 is 1.72 bits per heavy atom. The summed E-state index contributed by atoms with van der Waals surface area (Å²) in [6.07, 6.45) is 3.57. The molecule has 0 N–H and O–H groups in total. The highest BCUT2D eigenvalue weighted by molar-refractivity contribution is 7.98. The molecule has 2 aromatic rings. The predicted octanol–water partition coefficient (Wildman–Crippen LogP) is 2.27. The van der Waals surface area contributed by atoms with Crippen molar-refractivity contribution in [1.82, 2.24) is 14.8 Å². The van der Waals surface area contributed by atoms with Crippen LogP contribution in [0.3, 0.4) is 0 Å². The number of aromatic nitrogens is 3. The van der Waals surface area contributed by atoms with Crippen LogP contribution in [0.1, 0.15) is 5.69 Å². The van der Waals surface area contributed by atoms with Crippen molar-refractivity contribution in [3.63, 3.8) is 0 Å². The number of thiazole rings is 1. The van der Waals surface area contributed by atoms with Gasteiger partial charge in [-0.2, -0.15) is 5.10 Å². The molecule has 0 unspecified atom stereocenters. The Kier molecular flexibility index (Phi) is 4.25. The van der Waals surface area contributed by atoms with Crippen molar-refractivity contribution >= 4 is 44.9 Å². The van der Waals surface area contributed by atoms with Crippen molar-refractivity contribution in [3.05, 3.63) is 23.3 Å². The van der Waals surface area contributed by atoms with Gasteiger partial charge in [-0.15, -0.1) is 23.1 Å². The van der Waals surface area contributed by atoms with Gasteiger partial charge < -0.3 is 8.63 Å². The minimum atomic E-state index is -0.623. The van der Waals surface area contributed by atoms with Gasteiger partial charge in [0, 0.05) is 6.20 Å². The predicted molar refractivity (Wildman–Crippen MR) is 69.9 cm³/mol. The molecule has 0 aliphatic carbocycles. The summed E-state index contributed by atoms with van der Waals surface area (Å²) < 4.78 is 19.4. The number of alkyl halides is 1. The Hall–Kier alpha value is -1.06. The van der Waals surface area contributed by atoms with Crippen LogP contribution in [0, 0.1) is 6.57 Å². The van der Waals surface area contributed by atoms with Crippen molar-refractivity contribution < 1.29 is 8.18 Å². The van der Waals surface area contributed by atoms with Gasteiger partial charge in [0.1, 0.15) is 12.4 Å². The maximum Gasteiger partial charge on any atom is 0.497 e. The molecule has 18 heavy (non-hydrogen) atoms. The standard InChI is InChI=1S/C9H7FN4OS2.Al.H/c1-11-9-12-7(15)8(17-9)14-4-6(16-2)5(3-10)13-14;;/h4,15H,3H2,2H3;;/q;+1;/p-1. The normalized spacial score (nSPS) is 10.3. The van der Waals surface area contributed by atoms with E-state index in [1.54, 1.807) is 6.20 Å². The first-order valence-corrected chi connectivity index (χ1v) is 7.34. The van der Waals surface area contributed by atoms with E-state index in [1.165, 1.54) is 33.1 Å². The highest BCUT2D eigenvalue weighted by Gasteiger charge is 2.18. The monoisotopic (exact) mass is 297 g/mol. The molecule has 0 amide bonds. The zero-order chi connectivity index (χ0) is 13.1. The van der Waals surface area contributed by atoms with Crippen LogP contribution in [0.2, 0.25) is 0 Å². The SMILES string of the molecule is [C-]#[N+]c1nc([O][AlH])c(-n2cc(SC)c(CF)n2)s1. The van der Waals surface area contributed by atoms with Crippen molar-refractivity contribution in [2.45, 2.75) is 11.6 Å². The van der Waals surface area contributed by atoms with Gasteiger partial charge in [-0.05, 0) is 6.26 Å². The quantitative estimate of drug-likeness (QED) is 0.493. The smallest absolute Gasteiger partial charge is 0.497 e. The van der Waals surface area contributed by atoms with Crippen LogP contribution in [0.4, 0.5) is 9.52 Å². The summed E-state index contributed by atoms with van der Waals surface area (Å²) in [5, 5.41) is 5.00. The van der Waals surface area contributed by atoms with E-state index < -0.39 is 6.67 Å². The van der Waals surface area contributed by atoms with Crippen LogP contribution < -0.4 is 3.79 Å². The molecule has 0 fully saturated rings. The molecular formula is C9H7AlFN4OS2. The average molecular weight is 297 g/mol. The first kappa shape index (κ1) is 13.4. The van der Waals surface area contributed by atoms with Crippen molar-refractivity contribution in [2.24, 2.45) is 0 Å². The van der Waals surface area contributed by atoms with E-state index in [1.807, 2.05) is 6.26 Å². The molecule has 9 heteroatoms. The Morgan fingerprint density at radius 3 is 3.00 bits per heavy atom. The van der Waals surface area contributed by atoms with Crippen LogP contribution >= 0.6 is 23.1 Å². The van der Waals surface area contributed by atoms with Gasteiger partial charge in [-0.3, -0.25) is 0 Å². The number of thioether (sulfide) groups is 1. The fraction of sp³-hybridized carbons (Fsp3) is 0.222. The summed E-state index contributed by atoms with van der Waals surface area (Å²) in [5.41, 5.74) is 0.379. The number of hydrogen-bond acceptors (Lipinski definition) is 5. The Balaban J connectivity index is 2.51.